The Labute approximate surface area is 89.2 Å². The Morgan fingerprint density at radius 3 is 2.93 bits per heavy atom. The van der Waals surface area contributed by atoms with Crippen LogP contribution >= 0.6 is 0 Å². The molecule has 0 aliphatic rings. The molecule has 0 unspecified atom stereocenters. The van der Waals surface area contributed by atoms with E-state index in [1.54, 1.807) is 0 Å². The SMILES string of the molecule is NCC=Cc1cccc(CCC(=O)O)c1. The van der Waals surface area contributed by atoms with Crippen LogP contribution in [0.2, 0.25) is 0 Å². The molecule has 0 saturated heterocycles. The fourth-order valence-electron chi connectivity index (χ4n) is 1.31. The van der Waals surface area contributed by atoms with E-state index >= 15 is 0 Å². The highest BCUT2D eigenvalue weighted by Crippen LogP contribution is 2.09. The first-order chi connectivity index (χ1) is 7.22. The molecule has 1 aromatic carbocycles. The highest BCUT2D eigenvalue weighted by molar-refractivity contribution is 5.67. The summed E-state index contributed by atoms with van der Waals surface area (Å²) < 4.78 is 0. The molecule has 3 heteroatoms. The second kappa shape index (κ2) is 5.98. The summed E-state index contributed by atoms with van der Waals surface area (Å²) in [6.45, 7) is 0.513. The van der Waals surface area contributed by atoms with Crippen molar-refractivity contribution in [2.75, 3.05) is 6.54 Å². The van der Waals surface area contributed by atoms with E-state index in [1.165, 1.54) is 0 Å². The molecule has 0 spiro atoms. The third-order valence-corrected chi connectivity index (χ3v) is 2.02. The number of carbonyl (C=O) groups is 1. The minimum absolute atomic E-state index is 0.171. The Morgan fingerprint density at radius 1 is 1.47 bits per heavy atom. The molecule has 0 saturated carbocycles. The van der Waals surface area contributed by atoms with Gasteiger partial charge in [0.2, 0.25) is 0 Å². The third kappa shape index (κ3) is 4.42. The monoisotopic (exact) mass is 205 g/mol. The molecule has 0 fully saturated rings. The van der Waals surface area contributed by atoms with Gasteiger partial charge in [0.05, 0.1) is 0 Å². The molecule has 1 aromatic rings. The van der Waals surface area contributed by atoms with Crippen molar-refractivity contribution in [1.82, 2.24) is 0 Å². The molecule has 0 heterocycles. The van der Waals surface area contributed by atoms with Crippen molar-refractivity contribution in [1.29, 1.82) is 0 Å². The molecule has 0 bridgehead atoms. The largest absolute Gasteiger partial charge is 0.481 e. The van der Waals surface area contributed by atoms with Crippen LogP contribution in [0.25, 0.3) is 6.08 Å². The number of carboxylic acids is 1. The first kappa shape index (κ1) is 11.5. The van der Waals surface area contributed by atoms with Crippen LogP contribution in [-0.2, 0) is 11.2 Å². The quantitative estimate of drug-likeness (QED) is 0.768. The van der Waals surface area contributed by atoms with Gasteiger partial charge >= 0.3 is 5.97 Å². The maximum Gasteiger partial charge on any atom is 0.303 e. The Bertz CT molecular complexity index is 358. The topological polar surface area (TPSA) is 63.3 Å². The van der Waals surface area contributed by atoms with Gasteiger partial charge in [0.15, 0.2) is 0 Å². The van der Waals surface area contributed by atoms with Crippen molar-refractivity contribution >= 4 is 12.0 Å². The maximum absolute atomic E-state index is 10.4. The lowest BCUT2D eigenvalue weighted by molar-refractivity contribution is -0.136. The van der Waals surface area contributed by atoms with Gasteiger partial charge in [-0.2, -0.15) is 0 Å². The van der Waals surface area contributed by atoms with Crippen molar-refractivity contribution in [3.63, 3.8) is 0 Å². The lowest BCUT2D eigenvalue weighted by Gasteiger charge is -2.00. The van der Waals surface area contributed by atoms with Crippen molar-refractivity contribution < 1.29 is 9.90 Å². The fourth-order valence-corrected chi connectivity index (χ4v) is 1.31. The molecule has 0 amide bonds. The van der Waals surface area contributed by atoms with Crippen molar-refractivity contribution in [3.05, 3.63) is 41.5 Å². The van der Waals surface area contributed by atoms with E-state index in [-0.39, 0.29) is 6.42 Å². The molecule has 0 aliphatic heterocycles. The molecular formula is C12H15NO2. The summed E-state index contributed by atoms with van der Waals surface area (Å²) in [6, 6.07) is 7.81. The number of carboxylic acid groups (broad SMARTS) is 1. The second-order valence-electron chi connectivity index (χ2n) is 3.28. The fraction of sp³-hybridized carbons (Fsp3) is 0.250. The summed E-state index contributed by atoms with van der Waals surface area (Å²) in [4.78, 5) is 10.4. The lowest BCUT2D eigenvalue weighted by Crippen LogP contribution is -1.97. The average molecular weight is 205 g/mol. The van der Waals surface area contributed by atoms with Crippen molar-refractivity contribution in [3.8, 4) is 0 Å². The van der Waals surface area contributed by atoms with E-state index in [0.717, 1.165) is 11.1 Å². The highest BCUT2D eigenvalue weighted by Gasteiger charge is 1.98. The molecule has 3 N–H and O–H groups in total. The van der Waals surface area contributed by atoms with Crippen LogP contribution in [0.15, 0.2) is 30.3 Å². The minimum atomic E-state index is -0.766. The minimum Gasteiger partial charge on any atom is -0.481 e. The predicted octanol–water partition coefficient (Wildman–Crippen LogP) is 1.68. The van der Waals surface area contributed by atoms with Gasteiger partial charge in [0.1, 0.15) is 0 Å². The van der Waals surface area contributed by atoms with Crippen LogP contribution in [0.3, 0.4) is 0 Å². The summed E-state index contributed by atoms with van der Waals surface area (Å²) in [5, 5.41) is 8.56. The molecule has 0 aromatic heterocycles. The normalized spacial score (nSPS) is 10.7. The summed E-state index contributed by atoms with van der Waals surface area (Å²) in [7, 11) is 0. The molecule has 3 nitrogen and oxygen atoms in total. The van der Waals surface area contributed by atoms with Crippen molar-refractivity contribution in [2.24, 2.45) is 5.73 Å². The van der Waals surface area contributed by atoms with Gasteiger partial charge in [-0.1, -0.05) is 36.4 Å². The predicted molar refractivity (Wildman–Crippen MR) is 60.5 cm³/mol. The van der Waals surface area contributed by atoms with Crippen LogP contribution in [0, 0.1) is 0 Å². The molecule has 80 valence electrons. The number of rotatable bonds is 5. The molecular weight excluding hydrogens is 190 g/mol. The Balaban J connectivity index is 2.65. The summed E-state index contributed by atoms with van der Waals surface area (Å²) in [5.41, 5.74) is 7.45. The second-order valence-corrected chi connectivity index (χ2v) is 3.28. The first-order valence-corrected chi connectivity index (χ1v) is 4.89. The zero-order chi connectivity index (χ0) is 11.1. The molecule has 0 atom stereocenters. The number of nitrogens with two attached hydrogens (primary N) is 1. The lowest BCUT2D eigenvalue weighted by atomic mass is 10.1. The van der Waals surface area contributed by atoms with Gasteiger partial charge in [0.25, 0.3) is 0 Å². The van der Waals surface area contributed by atoms with Crippen LogP contribution in [0.1, 0.15) is 17.5 Å². The van der Waals surface area contributed by atoms with E-state index in [9.17, 15) is 4.79 Å². The summed E-state index contributed by atoms with van der Waals surface area (Å²) in [5.74, 6) is -0.766. The Morgan fingerprint density at radius 2 is 2.27 bits per heavy atom. The van der Waals surface area contributed by atoms with Gasteiger partial charge in [0, 0.05) is 13.0 Å². The number of hydrogen-bond acceptors (Lipinski definition) is 2. The van der Waals surface area contributed by atoms with E-state index < -0.39 is 5.97 Å². The van der Waals surface area contributed by atoms with Gasteiger partial charge in [-0.3, -0.25) is 4.79 Å². The van der Waals surface area contributed by atoms with E-state index in [2.05, 4.69) is 0 Å². The first-order valence-electron chi connectivity index (χ1n) is 4.89. The zero-order valence-electron chi connectivity index (χ0n) is 8.52. The number of aryl methyl sites for hydroxylation is 1. The molecule has 0 aliphatic carbocycles. The van der Waals surface area contributed by atoms with Gasteiger partial charge in [-0.15, -0.1) is 0 Å². The van der Waals surface area contributed by atoms with Crippen LogP contribution in [0.4, 0.5) is 0 Å². The van der Waals surface area contributed by atoms with Gasteiger partial charge in [-0.05, 0) is 17.5 Å². The number of benzene rings is 1. The molecule has 15 heavy (non-hydrogen) atoms. The summed E-state index contributed by atoms with van der Waals surface area (Å²) in [6.07, 6.45) is 4.55. The maximum atomic E-state index is 10.4. The van der Waals surface area contributed by atoms with E-state index in [0.29, 0.717) is 13.0 Å². The van der Waals surface area contributed by atoms with E-state index in [1.807, 2.05) is 36.4 Å². The smallest absolute Gasteiger partial charge is 0.303 e. The number of hydrogen-bond donors (Lipinski definition) is 2. The zero-order valence-corrected chi connectivity index (χ0v) is 8.52. The molecule has 1 rings (SSSR count). The third-order valence-electron chi connectivity index (χ3n) is 2.02. The Hall–Kier alpha value is -1.61. The van der Waals surface area contributed by atoms with Crippen LogP contribution < -0.4 is 5.73 Å². The summed E-state index contributed by atoms with van der Waals surface area (Å²) >= 11 is 0. The standard InChI is InChI=1S/C12H15NO2/c13-8-2-5-10-3-1-4-11(9-10)6-7-12(14)15/h1-5,9H,6-8,13H2,(H,14,15). The van der Waals surface area contributed by atoms with Crippen LogP contribution in [-0.4, -0.2) is 17.6 Å². The van der Waals surface area contributed by atoms with Crippen LogP contribution in [0.5, 0.6) is 0 Å². The number of aliphatic carboxylic acids is 1. The van der Waals surface area contributed by atoms with Gasteiger partial charge in [-0.25, -0.2) is 0 Å². The average Bonchev–Trinajstić information content (AvgIpc) is 2.24. The highest BCUT2D eigenvalue weighted by atomic mass is 16.4. The van der Waals surface area contributed by atoms with Crippen molar-refractivity contribution in [2.45, 2.75) is 12.8 Å². The van der Waals surface area contributed by atoms with E-state index in [4.69, 9.17) is 10.8 Å². The van der Waals surface area contributed by atoms with Gasteiger partial charge < -0.3 is 10.8 Å². The Kier molecular flexibility index (Phi) is 4.57. The molecule has 0 radical (unpaired) electrons.